The molecule has 2 saturated heterocycles. The molecular weight excluding hydrogens is 485 g/mol. The largest absolute Gasteiger partial charge is 0.493 e. The fraction of sp³-hybridized carbons (Fsp3) is 0.462. The van der Waals surface area contributed by atoms with E-state index in [4.69, 9.17) is 4.74 Å². The molecule has 1 N–H and O–H groups in total. The summed E-state index contributed by atoms with van der Waals surface area (Å²) in [5.74, 6) is -0.0866. The molecule has 1 spiro atoms. The number of pyridine rings is 1. The minimum atomic E-state index is -4.62. The van der Waals surface area contributed by atoms with Gasteiger partial charge in [-0.15, -0.1) is 0 Å². The topological polar surface area (TPSA) is 96.1 Å². The van der Waals surface area contributed by atoms with Gasteiger partial charge >= 0.3 is 6.18 Å². The highest BCUT2D eigenvalue weighted by Gasteiger charge is 2.44. The summed E-state index contributed by atoms with van der Waals surface area (Å²) in [6.07, 6.45) is -0.0205. The second kappa shape index (κ2) is 9.67. The number of nitriles is 1. The van der Waals surface area contributed by atoms with E-state index in [2.05, 4.69) is 20.2 Å². The van der Waals surface area contributed by atoms with Gasteiger partial charge in [-0.25, -0.2) is 9.97 Å². The van der Waals surface area contributed by atoms with Crippen molar-refractivity contribution in [3.05, 3.63) is 41.9 Å². The van der Waals surface area contributed by atoms with E-state index in [-0.39, 0.29) is 40.6 Å². The molecule has 0 saturated carbocycles. The number of hydrogen-bond donors (Lipinski definition) is 1. The van der Waals surface area contributed by atoms with E-state index in [0.29, 0.717) is 24.0 Å². The molecule has 1 aromatic carbocycles. The number of piperidine rings is 1. The summed E-state index contributed by atoms with van der Waals surface area (Å²) in [6.45, 7) is 3.18. The molecule has 1 amide bonds. The van der Waals surface area contributed by atoms with Crippen molar-refractivity contribution < 1.29 is 22.7 Å². The first kappa shape index (κ1) is 25.0. The average Bonchev–Trinajstić information content (AvgIpc) is 3.44. The van der Waals surface area contributed by atoms with Gasteiger partial charge in [0.05, 0.1) is 35.1 Å². The Labute approximate surface area is 212 Å². The van der Waals surface area contributed by atoms with Gasteiger partial charge in [0.15, 0.2) is 5.69 Å². The van der Waals surface area contributed by atoms with E-state index < -0.39 is 11.7 Å². The lowest BCUT2D eigenvalue weighted by molar-refractivity contribution is -0.139. The Kier molecular flexibility index (Phi) is 6.54. The van der Waals surface area contributed by atoms with Gasteiger partial charge in [-0.1, -0.05) is 0 Å². The van der Waals surface area contributed by atoms with Crippen LogP contribution in [0.3, 0.4) is 0 Å². The van der Waals surface area contributed by atoms with Gasteiger partial charge in [-0.2, -0.15) is 18.4 Å². The molecule has 0 bridgehead atoms. The standard InChI is InChI=1S/C26H27F3N6O2/c1-34-16-32-23-20(15-30)33-19(14-21(23)34)17-3-4-22(18(13-17)26(27,28)29)37-12-2-9-35-10-6-25(7-11-35)5-8-31-24(25)36/h3-4,13-14,16H,2,5-12H2,1H3,(H,31,36). The number of fused-ring (bicyclic) bond motifs is 1. The second-order valence-corrected chi connectivity index (χ2v) is 9.73. The van der Waals surface area contributed by atoms with E-state index in [0.717, 1.165) is 45.0 Å². The van der Waals surface area contributed by atoms with Crippen LogP contribution >= 0.6 is 0 Å². The third-order valence-corrected chi connectivity index (χ3v) is 7.46. The second-order valence-electron chi connectivity index (χ2n) is 9.73. The van der Waals surface area contributed by atoms with Gasteiger partial charge in [0.25, 0.3) is 0 Å². The molecule has 2 aliphatic rings. The van der Waals surface area contributed by atoms with Crippen LogP contribution in [0.5, 0.6) is 5.75 Å². The Morgan fingerprint density at radius 1 is 1.22 bits per heavy atom. The first-order valence-electron chi connectivity index (χ1n) is 12.3. The monoisotopic (exact) mass is 512 g/mol. The zero-order valence-electron chi connectivity index (χ0n) is 20.4. The van der Waals surface area contributed by atoms with Crippen molar-refractivity contribution in [3.8, 4) is 23.1 Å². The summed E-state index contributed by atoms with van der Waals surface area (Å²) in [7, 11) is 1.74. The molecule has 37 heavy (non-hydrogen) atoms. The number of halogens is 3. The van der Waals surface area contributed by atoms with Crippen molar-refractivity contribution in [2.75, 3.05) is 32.8 Å². The van der Waals surface area contributed by atoms with Crippen LogP contribution in [0.4, 0.5) is 13.2 Å². The van der Waals surface area contributed by atoms with Gasteiger partial charge in [0, 0.05) is 25.7 Å². The number of likely N-dealkylation sites (tertiary alicyclic amines) is 1. The number of nitrogens with one attached hydrogen (secondary N) is 1. The summed E-state index contributed by atoms with van der Waals surface area (Å²) >= 11 is 0. The summed E-state index contributed by atoms with van der Waals surface area (Å²) in [4.78, 5) is 22.8. The molecule has 3 aromatic rings. The number of hydrogen-bond acceptors (Lipinski definition) is 6. The molecule has 5 rings (SSSR count). The Hall–Kier alpha value is -3.65. The lowest BCUT2D eigenvalue weighted by Gasteiger charge is -2.37. The predicted molar refractivity (Wildman–Crippen MR) is 130 cm³/mol. The van der Waals surface area contributed by atoms with Gasteiger partial charge < -0.3 is 19.5 Å². The van der Waals surface area contributed by atoms with E-state index in [1.54, 1.807) is 17.7 Å². The number of carbonyl (C=O) groups excluding carboxylic acids is 1. The Morgan fingerprint density at radius 2 is 2.00 bits per heavy atom. The van der Waals surface area contributed by atoms with E-state index in [9.17, 15) is 23.2 Å². The summed E-state index contributed by atoms with van der Waals surface area (Å²) in [5.41, 5.74) is 0.427. The molecule has 2 fully saturated rings. The number of aryl methyl sites for hydroxylation is 1. The normalized spacial score (nSPS) is 17.8. The molecule has 0 radical (unpaired) electrons. The van der Waals surface area contributed by atoms with Gasteiger partial charge in [0.1, 0.15) is 17.3 Å². The third-order valence-electron chi connectivity index (χ3n) is 7.46. The van der Waals surface area contributed by atoms with E-state index >= 15 is 0 Å². The average molecular weight is 513 g/mol. The number of amides is 1. The van der Waals surface area contributed by atoms with Crippen LogP contribution in [0, 0.1) is 16.7 Å². The quantitative estimate of drug-likeness (QED) is 0.504. The maximum atomic E-state index is 13.9. The molecule has 2 aromatic heterocycles. The fourth-order valence-corrected chi connectivity index (χ4v) is 5.26. The molecule has 2 aliphatic heterocycles. The highest BCUT2D eigenvalue weighted by molar-refractivity contribution is 5.85. The molecule has 8 nitrogen and oxygen atoms in total. The van der Waals surface area contributed by atoms with Gasteiger partial charge in [-0.05, 0) is 63.0 Å². The van der Waals surface area contributed by atoms with Crippen molar-refractivity contribution >= 4 is 16.9 Å². The Balaban J connectivity index is 1.26. The lowest BCUT2D eigenvalue weighted by atomic mass is 9.77. The van der Waals surface area contributed by atoms with Crippen LogP contribution in [0.2, 0.25) is 0 Å². The molecule has 194 valence electrons. The van der Waals surface area contributed by atoms with Crippen molar-refractivity contribution in [2.24, 2.45) is 12.5 Å². The molecule has 11 heteroatoms. The molecule has 0 aliphatic carbocycles. The van der Waals surface area contributed by atoms with Crippen LogP contribution < -0.4 is 10.1 Å². The van der Waals surface area contributed by atoms with E-state index in [1.807, 2.05) is 6.07 Å². The number of carbonyl (C=O) groups is 1. The van der Waals surface area contributed by atoms with Crippen molar-refractivity contribution in [1.29, 1.82) is 5.26 Å². The molecule has 0 unspecified atom stereocenters. The first-order chi connectivity index (χ1) is 17.7. The van der Waals surface area contributed by atoms with Crippen LogP contribution in [-0.2, 0) is 18.0 Å². The van der Waals surface area contributed by atoms with Crippen LogP contribution in [0.25, 0.3) is 22.3 Å². The van der Waals surface area contributed by atoms with Crippen LogP contribution in [0.15, 0.2) is 30.6 Å². The SMILES string of the molecule is Cn1cnc2c(C#N)nc(-c3ccc(OCCCN4CCC5(CCNC5=O)CC4)c(C(F)(F)F)c3)cc21. The number of imidazole rings is 1. The first-order valence-corrected chi connectivity index (χ1v) is 12.3. The maximum Gasteiger partial charge on any atom is 0.419 e. The third kappa shape index (κ3) is 4.85. The number of aromatic nitrogens is 3. The predicted octanol–water partition coefficient (Wildman–Crippen LogP) is 3.90. The maximum absolute atomic E-state index is 13.9. The van der Waals surface area contributed by atoms with Crippen molar-refractivity contribution in [2.45, 2.75) is 31.9 Å². The van der Waals surface area contributed by atoms with Crippen LogP contribution in [-0.4, -0.2) is 58.1 Å². The van der Waals surface area contributed by atoms with Crippen molar-refractivity contribution in [3.63, 3.8) is 0 Å². The highest BCUT2D eigenvalue weighted by Crippen LogP contribution is 2.40. The summed E-state index contributed by atoms with van der Waals surface area (Å²) in [5, 5.41) is 12.4. The zero-order chi connectivity index (χ0) is 26.2. The summed E-state index contributed by atoms with van der Waals surface area (Å²) in [6, 6.07) is 7.43. The minimum Gasteiger partial charge on any atom is -0.493 e. The van der Waals surface area contributed by atoms with Crippen LogP contribution in [0.1, 0.15) is 36.9 Å². The Bertz CT molecular complexity index is 1370. The summed E-state index contributed by atoms with van der Waals surface area (Å²) < 4.78 is 49.0. The van der Waals surface area contributed by atoms with E-state index in [1.165, 1.54) is 18.5 Å². The molecule has 0 atom stereocenters. The molecular formula is C26H27F3N6O2. The molecule has 4 heterocycles. The highest BCUT2D eigenvalue weighted by atomic mass is 19.4. The number of rotatable bonds is 6. The Morgan fingerprint density at radius 3 is 2.68 bits per heavy atom. The number of nitrogens with zero attached hydrogens (tertiary/aromatic N) is 5. The number of benzene rings is 1. The van der Waals surface area contributed by atoms with Crippen molar-refractivity contribution in [1.82, 2.24) is 24.8 Å². The zero-order valence-corrected chi connectivity index (χ0v) is 20.4. The number of ether oxygens (including phenoxy) is 1. The smallest absolute Gasteiger partial charge is 0.419 e. The number of alkyl halides is 3. The van der Waals surface area contributed by atoms with Gasteiger partial charge in [-0.3, -0.25) is 4.79 Å². The minimum absolute atomic E-state index is 0.0548. The fourth-order valence-electron chi connectivity index (χ4n) is 5.26. The van der Waals surface area contributed by atoms with Gasteiger partial charge in [0.2, 0.25) is 5.91 Å². The lowest BCUT2D eigenvalue weighted by Crippen LogP contribution is -2.44.